The van der Waals surface area contributed by atoms with Crippen LogP contribution < -0.4 is 16.4 Å². The van der Waals surface area contributed by atoms with E-state index in [2.05, 4.69) is 46.6 Å². The molecule has 3 aromatic heterocycles. The maximum absolute atomic E-state index is 12.3. The summed E-state index contributed by atoms with van der Waals surface area (Å²) < 4.78 is 2.40. The van der Waals surface area contributed by atoms with Gasteiger partial charge in [0.25, 0.3) is 0 Å². The molecule has 1 amide bonds. The van der Waals surface area contributed by atoms with Gasteiger partial charge in [-0.2, -0.15) is 10.1 Å². The number of amides is 1. The van der Waals surface area contributed by atoms with Gasteiger partial charge in [-0.05, 0) is 52.9 Å². The van der Waals surface area contributed by atoms with Crippen LogP contribution in [-0.4, -0.2) is 48.7 Å². The van der Waals surface area contributed by atoms with Crippen LogP contribution in [0.2, 0.25) is 0 Å². The molecule has 4 N–H and O–H groups in total. The lowest BCUT2D eigenvalue weighted by atomic mass is 9.87. The molecule has 0 spiro atoms. The number of nitrogens with one attached hydrogen (secondary N) is 2. The van der Waals surface area contributed by atoms with E-state index in [1.165, 1.54) is 0 Å². The Morgan fingerprint density at radius 2 is 2.12 bits per heavy atom. The smallest absolute Gasteiger partial charge is 0.225 e. The van der Waals surface area contributed by atoms with E-state index in [-0.39, 0.29) is 17.4 Å². The summed E-state index contributed by atoms with van der Waals surface area (Å²) in [6, 6.07) is 3.99. The molecule has 1 aliphatic rings. The maximum atomic E-state index is 12.3. The number of nitrogens with two attached hydrogens (primary N) is 1. The predicted molar refractivity (Wildman–Crippen MR) is 129 cm³/mol. The molecule has 11 heteroatoms. The van der Waals surface area contributed by atoms with E-state index in [1.807, 2.05) is 19.1 Å². The molecule has 170 valence electrons. The van der Waals surface area contributed by atoms with Crippen molar-refractivity contribution in [2.24, 2.45) is 11.1 Å². The molecule has 5 rings (SSSR count). The van der Waals surface area contributed by atoms with E-state index in [4.69, 9.17) is 10.7 Å². The Morgan fingerprint density at radius 1 is 1.30 bits per heavy atom. The SMILES string of the molecule is CNC(=O)[C@]1(C)CC[C@@H](Nc2ncc3c(Br)nn(-c4cc(CN)c5nccnc5c4)c3n2)C1. The molecule has 0 saturated heterocycles. The molecular formula is C22H24BrN9O. The van der Waals surface area contributed by atoms with E-state index < -0.39 is 0 Å². The van der Waals surface area contributed by atoms with Crippen molar-refractivity contribution in [3.63, 3.8) is 0 Å². The fraction of sp³-hybridized carbons (Fsp3) is 0.364. The van der Waals surface area contributed by atoms with Gasteiger partial charge >= 0.3 is 0 Å². The molecule has 0 bridgehead atoms. The molecule has 10 nitrogen and oxygen atoms in total. The second-order valence-electron chi connectivity index (χ2n) is 8.59. The third-order valence-electron chi connectivity index (χ3n) is 6.33. The fourth-order valence-corrected chi connectivity index (χ4v) is 5.02. The number of hydrogen-bond acceptors (Lipinski definition) is 8. The van der Waals surface area contributed by atoms with Crippen molar-refractivity contribution in [1.82, 2.24) is 35.0 Å². The standard InChI is InChI=1S/C22H24BrN9O/c1-22(20(33)25-2)4-3-13(9-22)29-21-28-11-15-18(23)31-32(19(15)30-21)14-7-12(10-24)17-16(8-14)26-5-6-27-17/h5-8,11,13H,3-4,9-10,24H2,1-2H3,(H,25,33)(H,28,29,30)/t13-,22-/m1/s1. The largest absolute Gasteiger partial charge is 0.359 e. The summed E-state index contributed by atoms with van der Waals surface area (Å²) in [7, 11) is 1.68. The summed E-state index contributed by atoms with van der Waals surface area (Å²) in [6.45, 7) is 2.33. The van der Waals surface area contributed by atoms with E-state index in [0.717, 1.165) is 46.9 Å². The highest BCUT2D eigenvalue weighted by Gasteiger charge is 2.40. The van der Waals surface area contributed by atoms with Crippen molar-refractivity contribution in [2.75, 3.05) is 12.4 Å². The van der Waals surface area contributed by atoms with Crippen LogP contribution in [0.15, 0.2) is 35.3 Å². The topological polar surface area (TPSA) is 137 Å². The highest BCUT2D eigenvalue weighted by Crippen LogP contribution is 2.39. The van der Waals surface area contributed by atoms with Gasteiger partial charge in [-0.1, -0.05) is 6.92 Å². The molecule has 4 aromatic rings. The number of anilines is 1. The lowest BCUT2D eigenvalue weighted by Crippen LogP contribution is -2.35. The third kappa shape index (κ3) is 3.80. The summed E-state index contributed by atoms with van der Waals surface area (Å²) in [4.78, 5) is 30.3. The average Bonchev–Trinajstić information content (AvgIpc) is 3.37. The van der Waals surface area contributed by atoms with Gasteiger partial charge < -0.3 is 16.4 Å². The van der Waals surface area contributed by atoms with Gasteiger partial charge in [-0.3, -0.25) is 14.8 Å². The zero-order chi connectivity index (χ0) is 23.2. The summed E-state index contributed by atoms with van der Waals surface area (Å²) in [6.07, 6.45) is 7.47. The first kappa shape index (κ1) is 21.7. The van der Waals surface area contributed by atoms with E-state index in [1.54, 1.807) is 30.3 Å². The maximum Gasteiger partial charge on any atom is 0.225 e. The van der Waals surface area contributed by atoms with Crippen LogP contribution in [-0.2, 0) is 11.3 Å². The lowest BCUT2D eigenvalue weighted by Gasteiger charge is -2.22. The number of nitrogens with zero attached hydrogens (tertiary/aromatic N) is 6. The number of halogens is 1. The molecule has 1 saturated carbocycles. The monoisotopic (exact) mass is 509 g/mol. The molecule has 1 fully saturated rings. The number of rotatable bonds is 5. The van der Waals surface area contributed by atoms with Gasteiger partial charge in [0.05, 0.1) is 22.1 Å². The summed E-state index contributed by atoms with van der Waals surface area (Å²) in [5, 5.41) is 11.6. The lowest BCUT2D eigenvalue weighted by molar-refractivity contribution is -0.129. The molecule has 1 aromatic carbocycles. The Kier molecular flexibility index (Phi) is 5.45. The van der Waals surface area contributed by atoms with Crippen molar-refractivity contribution in [2.45, 2.75) is 38.8 Å². The van der Waals surface area contributed by atoms with Crippen molar-refractivity contribution in [1.29, 1.82) is 0 Å². The number of carbonyl (C=O) groups is 1. The predicted octanol–water partition coefficient (Wildman–Crippen LogP) is 2.70. The Balaban J connectivity index is 1.51. The minimum absolute atomic E-state index is 0.0697. The molecule has 0 unspecified atom stereocenters. The van der Waals surface area contributed by atoms with Crippen LogP contribution in [0.4, 0.5) is 5.95 Å². The van der Waals surface area contributed by atoms with E-state index in [9.17, 15) is 4.79 Å². The van der Waals surface area contributed by atoms with Crippen molar-refractivity contribution >= 4 is 49.9 Å². The zero-order valence-electron chi connectivity index (χ0n) is 18.3. The number of aromatic nitrogens is 6. The molecular weight excluding hydrogens is 486 g/mol. The fourth-order valence-electron chi connectivity index (χ4n) is 4.58. The number of carbonyl (C=O) groups excluding carboxylic acids is 1. The first-order chi connectivity index (χ1) is 15.9. The van der Waals surface area contributed by atoms with Gasteiger partial charge in [-0.15, -0.1) is 0 Å². The first-order valence-corrected chi connectivity index (χ1v) is 11.6. The van der Waals surface area contributed by atoms with Gasteiger partial charge in [0.15, 0.2) is 5.65 Å². The van der Waals surface area contributed by atoms with Gasteiger partial charge in [0, 0.05) is 43.6 Å². The molecule has 1 aliphatic carbocycles. The average molecular weight is 510 g/mol. The Hall–Kier alpha value is -3.18. The summed E-state index contributed by atoms with van der Waals surface area (Å²) in [5.41, 5.74) is 9.42. The number of fused-ring (bicyclic) bond motifs is 2. The zero-order valence-corrected chi connectivity index (χ0v) is 19.9. The molecule has 0 radical (unpaired) electrons. The van der Waals surface area contributed by atoms with Crippen molar-refractivity contribution in [3.05, 3.63) is 40.9 Å². The van der Waals surface area contributed by atoms with Crippen LogP contribution in [0.25, 0.3) is 27.8 Å². The van der Waals surface area contributed by atoms with Crippen LogP contribution in [0.5, 0.6) is 0 Å². The first-order valence-electron chi connectivity index (χ1n) is 10.8. The van der Waals surface area contributed by atoms with Gasteiger partial charge in [0.2, 0.25) is 11.9 Å². The van der Waals surface area contributed by atoms with E-state index in [0.29, 0.717) is 22.7 Å². The highest BCUT2D eigenvalue weighted by molar-refractivity contribution is 9.10. The van der Waals surface area contributed by atoms with Crippen LogP contribution in [0.3, 0.4) is 0 Å². The second-order valence-corrected chi connectivity index (χ2v) is 9.34. The van der Waals surface area contributed by atoms with Crippen LogP contribution >= 0.6 is 15.9 Å². The molecule has 3 heterocycles. The quantitative estimate of drug-likeness (QED) is 0.373. The number of benzene rings is 1. The molecule has 33 heavy (non-hydrogen) atoms. The molecule has 0 aliphatic heterocycles. The Bertz CT molecular complexity index is 1370. The second kappa shape index (κ2) is 8.31. The Labute approximate surface area is 198 Å². The van der Waals surface area contributed by atoms with Crippen molar-refractivity contribution in [3.8, 4) is 5.69 Å². The minimum atomic E-state index is -0.383. The summed E-state index contributed by atoms with van der Waals surface area (Å²) in [5.74, 6) is 0.572. The normalized spacial score (nSPS) is 20.4. The van der Waals surface area contributed by atoms with Crippen LogP contribution in [0, 0.1) is 5.41 Å². The van der Waals surface area contributed by atoms with Gasteiger partial charge in [0.1, 0.15) is 4.60 Å². The number of hydrogen-bond donors (Lipinski definition) is 3. The van der Waals surface area contributed by atoms with Crippen molar-refractivity contribution < 1.29 is 4.79 Å². The summed E-state index contributed by atoms with van der Waals surface area (Å²) >= 11 is 3.52. The van der Waals surface area contributed by atoms with E-state index >= 15 is 0 Å². The van der Waals surface area contributed by atoms with Crippen LogP contribution in [0.1, 0.15) is 31.7 Å². The highest BCUT2D eigenvalue weighted by atomic mass is 79.9. The van der Waals surface area contributed by atoms with Gasteiger partial charge in [-0.25, -0.2) is 9.67 Å². The Morgan fingerprint density at radius 3 is 2.91 bits per heavy atom. The third-order valence-corrected chi connectivity index (χ3v) is 6.92. The molecule has 2 atom stereocenters. The minimum Gasteiger partial charge on any atom is -0.359 e.